The van der Waals surface area contributed by atoms with Crippen molar-refractivity contribution in [2.24, 2.45) is 0 Å². The fraction of sp³-hybridized carbons (Fsp3) is 0.667. The molecular formula is C9H17N5O. The molecule has 0 spiro atoms. The molecule has 0 aliphatic carbocycles. The van der Waals surface area contributed by atoms with Gasteiger partial charge in [0.15, 0.2) is 5.82 Å². The Balaban J connectivity index is 2.46. The molecule has 6 nitrogen and oxygen atoms in total. The first kappa shape index (κ1) is 11.5. The van der Waals surface area contributed by atoms with Gasteiger partial charge in [0.25, 0.3) is 0 Å². The zero-order valence-electron chi connectivity index (χ0n) is 9.10. The van der Waals surface area contributed by atoms with Crippen LogP contribution in [0.2, 0.25) is 0 Å². The third-order valence-corrected chi connectivity index (χ3v) is 2.08. The minimum Gasteiger partial charge on any atom is -0.381 e. The largest absolute Gasteiger partial charge is 0.381 e. The van der Waals surface area contributed by atoms with E-state index in [4.69, 9.17) is 5.73 Å². The number of nitrogens with zero attached hydrogens (tertiary/aromatic N) is 3. The second-order valence-corrected chi connectivity index (χ2v) is 3.41. The highest BCUT2D eigenvalue weighted by molar-refractivity contribution is 5.79. The van der Waals surface area contributed by atoms with Crippen LogP contribution in [0.1, 0.15) is 32.7 Å². The van der Waals surface area contributed by atoms with Crippen LogP contribution < -0.4 is 11.1 Å². The Morgan fingerprint density at radius 1 is 1.73 bits per heavy atom. The lowest BCUT2D eigenvalue weighted by atomic mass is 10.3. The Kier molecular flexibility index (Phi) is 4.08. The van der Waals surface area contributed by atoms with E-state index in [0.29, 0.717) is 12.4 Å². The molecule has 0 aromatic carbocycles. The second-order valence-electron chi connectivity index (χ2n) is 3.41. The molecule has 0 fully saturated rings. The fourth-order valence-electron chi connectivity index (χ4n) is 1.12. The number of nitrogens with one attached hydrogen (secondary N) is 1. The van der Waals surface area contributed by atoms with Crippen molar-refractivity contribution < 1.29 is 4.79 Å². The Labute approximate surface area is 88.8 Å². The third-order valence-electron chi connectivity index (χ3n) is 2.08. The summed E-state index contributed by atoms with van der Waals surface area (Å²) in [5.41, 5.74) is 5.41. The number of anilines is 1. The van der Waals surface area contributed by atoms with E-state index in [1.807, 2.05) is 0 Å². The SMILES string of the molecule is CCCCNC(=O)C(C)n1ncc(N)n1. The smallest absolute Gasteiger partial charge is 0.246 e. The molecule has 0 aliphatic heterocycles. The molecule has 0 aliphatic rings. The van der Waals surface area contributed by atoms with Gasteiger partial charge in [-0.15, -0.1) is 5.10 Å². The highest BCUT2D eigenvalue weighted by atomic mass is 16.2. The highest BCUT2D eigenvalue weighted by Gasteiger charge is 2.15. The van der Waals surface area contributed by atoms with E-state index in [0.717, 1.165) is 12.8 Å². The Bertz CT molecular complexity index is 322. The lowest BCUT2D eigenvalue weighted by Gasteiger charge is -2.10. The monoisotopic (exact) mass is 211 g/mol. The number of aromatic nitrogens is 3. The van der Waals surface area contributed by atoms with Crippen LogP contribution in [0.4, 0.5) is 5.82 Å². The van der Waals surface area contributed by atoms with Crippen molar-refractivity contribution in [3.63, 3.8) is 0 Å². The molecular weight excluding hydrogens is 194 g/mol. The predicted octanol–water partition coefficient (Wildman–Crippen LogP) is 0.338. The molecule has 1 aromatic rings. The molecule has 1 aromatic heterocycles. The van der Waals surface area contributed by atoms with E-state index >= 15 is 0 Å². The van der Waals surface area contributed by atoms with Crippen molar-refractivity contribution in [2.45, 2.75) is 32.7 Å². The van der Waals surface area contributed by atoms with Crippen LogP contribution in [0.3, 0.4) is 0 Å². The summed E-state index contributed by atoms with van der Waals surface area (Å²) in [6.07, 6.45) is 3.46. The number of amides is 1. The third kappa shape index (κ3) is 3.23. The zero-order chi connectivity index (χ0) is 11.3. The maximum absolute atomic E-state index is 11.6. The van der Waals surface area contributed by atoms with Gasteiger partial charge < -0.3 is 11.1 Å². The quantitative estimate of drug-likeness (QED) is 0.687. The lowest BCUT2D eigenvalue weighted by Crippen LogP contribution is -2.32. The number of carbonyl (C=O) groups is 1. The van der Waals surface area contributed by atoms with E-state index in [9.17, 15) is 4.79 Å². The fourth-order valence-corrected chi connectivity index (χ4v) is 1.12. The molecule has 3 N–H and O–H groups in total. The molecule has 1 rings (SSSR count). The van der Waals surface area contributed by atoms with Gasteiger partial charge in [-0.05, 0) is 13.3 Å². The first-order valence-corrected chi connectivity index (χ1v) is 5.10. The molecule has 84 valence electrons. The summed E-state index contributed by atoms with van der Waals surface area (Å²) in [5, 5.41) is 10.6. The topological polar surface area (TPSA) is 85.8 Å². The molecule has 6 heteroatoms. The van der Waals surface area contributed by atoms with Crippen molar-refractivity contribution in [3.8, 4) is 0 Å². The van der Waals surface area contributed by atoms with Crippen LogP contribution in [0, 0.1) is 0 Å². The van der Waals surface area contributed by atoms with E-state index < -0.39 is 6.04 Å². The van der Waals surface area contributed by atoms with Gasteiger partial charge in [0.2, 0.25) is 5.91 Å². The maximum atomic E-state index is 11.6. The number of rotatable bonds is 5. The molecule has 0 radical (unpaired) electrons. The van der Waals surface area contributed by atoms with Crippen molar-refractivity contribution >= 4 is 11.7 Å². The molecule has 0 bridgehead atoms. The van der Waals surface area contributed by atoms with Crippen molar-refractivity contribution in [2.75, 3.05) is 12.3 Å². The minimum absolute atomic E-state index is 0.0842. The Morgan fingerprint density at radius 2 is 2.47 bits per heavy atom. The van der Waals surface area contributed by atoms with E-state index in [1.165, 1.54) is 11.0 Å². The summed E-state index contributed by atoms with van der Waals surface area (Å²) >= 11 is 0. The van der Waals surface area contributed by atoms with Crippen LogP contribution >= 0.6 is 0 Å². The number of hydrogen-bond acceptors (Lipinski definition) is 4. The average molecular weight is 211 g/mol. The summed E-state index contributed by atoms with van der Waals surface area (Å²) in [4.78, 5) is 12.9. The zero-order valence-corrected chi connectivity index (χ0v) is 9.10. The second kappa shape index (κ2) is 5.33. The average Bonchev–Trinajstić information content (AvgIpc) is 2.64. The lowest BCUT2D eigenvalue weighted by molar-refractivity contribution is -0.124. The van der Waals surface area contributed by atoms with Gasteiger partial charge in [-0.2, -0.15) is 9.90 Å². The summed E-state index contributed by atoms with van der Waals surface area (Å²) in [6.45, 7) is 4.50. The molecule has 15 heavy (non-hydrogen) atoms. The number of carbonyl (C=O) groups excluding carboxylic acids is 1. The molecule has 1 unspecified atom stereocenters. The Morgan fingerprint density at radius 3 is 3.00 bits per heavy atom. The van der Waals surface area contributed by atoms with Gasteiger partial charge >= 0.3 is 0 Å². The Hall–Kier alpha value is -1.59. The van der Waals surface area contributed by atoms with Crippen LogP contribution in [0.15, 0.2) is 6.20 Å². The summed E-state index contributed by atoms with van der Waals surface area (Å²) in [5.74, 6) is 0.238. The van der Waals surface area contributed by atoms with Gasteiger partial charge in [-0.25, -0.2) is 0 Å². The molecule has 1 atom stereocenters. The van der Waals surface area contributed by atoms with Crippen molar-refractivity contribution in [1.29, 1.82) is 0 Å². The number of hydrogen-bond donors (Lipinski definition) is 2. The van der Waals surface area contributed by atoms with Gasteiger partial charge in [-0.3, -0.25) is 4.79 Å². The van der Waals surface area contributed by atoms with Gasteiger partial charge in [0.05, 0.1) is 6.20 Å². The number of nitrogen functional groups attached to an aromatic ring is 1. The van der Waals surface area contributed by atoms with Gasteiger partial charge in [0.1, 0.15) is 6.04 Å². The van der Waals surface area contributed by atoms with Crippen molar-refractivity contribution in [3.05, 3.63) is 6.20 Å². The van der Waals surface area contributed by atoms with Gasteiger partial charge in [-0.1, -0.05) is 13.3 Å². The minimum atomic E-state index is -0.417. The maximum Gasteiger partial charge on any atom is 0.246 e. The van der Waals surface area contributed by atoms with E-state index in [2.05, 4.69) is 22.4 Å². The summed E-state index contributed by atoms with van der Waals surface area (Å²) in [6, 6.07) is -0.417. The normalized spacial score (nSPS) is 12.4. The number of nitrogens with two attached hydrogens (primary N) is 1. The van der Waals surface area contributed by atoms with Crippen LogP contribution in [0.25, 0.3) is 0 Å². The summed E-state index contributed by atoms with van der Waals surface area (Å²) < 4.78 is 0. The number of unbranched alkanes of at least 4 members (excludes halogenated alkanes) is 1. The molecule has 1 amide bonds. The van der Waals surface area contributed by atoms with Gasteiger partial charge in [0, 0.05) is 6.54 Å². The van der Waals surface area contributed by atoms with Crippen LogP contribution in [-0.2, 0) is 4.79 Å². The van der Waals surface area contributed by atoms with E-state index in [-0.39, 0.29) is 5.91 Å². The molecule has 0 saturated carbocycles. The van der Waals surface area contributed by atoms with Crippen molar-refractivity contribution in [1.82, 2.24) is 20.3 Å². The highest BCUT2D eigenvalue weighted by Crippen LogP contribution is 2.03. The molecule has 0 saturated heterocycles. The predicted molar refractivity (Wildman–Crippen MR) is 57.1 cm³/mol. The summed E-state index contributed by atoms with van der Waals surface area (Å²) in [7, 11) is 0. The molecule has 1 heterocycles. The van der Waals surface area contributed by atoms with Crippen LogP contribution in [-0.4, -0.2) is 27.4 Å². The first-order valence-electron chi connectivity index (χ1n) is 5.10. The standard InChI is InChI=1S/C9H17N5O/c1-3-4-5-11-9(15)7(2)14-12-6-8(10)13-14/h6-7H,3-5H2,1-2H3,(H2,10,13)(H,11,15). The van der Waals surface area contributed by atoms with Crippen LogP contribution in [0.5, 0.6) is 0 Å². The first-order chi connectivity index (χ1) is 7.15. The van der Waals surface area contributed by atoms with E-state index in [1.54, 1.807) is 6.92 Å².